The fraction of sp³-hybridized carbons (Fsp3) is 0.308. The average Bonchev–Trinajstić information content (AvgIpc) is 2.83. The van der Waals surface area contributed by atoms with Crippen molar-refractivity contribution in [3.05, 3.63) is 36.0 Å². The summed E-state index contributed by atoms with van der Waals surface area (Å²) in [5.41, 5.74) is 2.30. The average molecular weight is 214 g/mol. The molecule has 0 spiro atoms. The molecule has 1 aliphatic rings. The second-order valence-electron chi connectivity index (χ2n) is 4.76. The molecule has 0 saturated carbocycles. The molecule has 2 heterocycles. The second kappa shape index (κ2) is 3.11. The third-order valence-electron chi connectivity index (χ3n) is 3.47. The number of carbonyl (C=O) groups is 1. The molecule has 2 N–H and O–H groups in total. The number of benzene rings is 1. The molecule has 0 bridgehead atoms. The number of para-hydroxylation sites is 1. The van der Waals surface area contributed by atoms with Gasteiger partial charge >= 0.3 is 0 Å². The first-order valence-electron chi connectivity index (χ1n) is 5.52. The Labute approximate surface area is 93.9 Å². The van der Waals surface area contributed by atoms with Crippen LogP contribution in [0, 0.1) is 0 Å². The van der Waals surface area contributed by atoms with Gasteiger partial charge in [-0.2, -0.15) is 0 Å². The minimum Gasteiger partial charge on any atom is -0.361 e. The SMILES string of the molecule is CC1(c2c[nH]c3ccccc23)CNC(=O)C1. The summed E-state index contributed by atoms with van der Waals surface area (Å²) >= 11 is 0. The van der Waals surface area contributed by atoms with Crippen molar-refractivity contribution in [2.45, 2.75) is 18.8 Å². The first-order chi connectivity index (χ1) is 7.69. The summed E-state index contributed by atoms with van der Waals surface area (Å²) in [5, 5.41) is 4.13. The first kappa shape index (κ1) is 9.46. The smallest absolute Gasteiger partial charge is 0.220 e. The van der Waals surface area contributed by atoms with Gasteiger partial charge in [0, 0.05) is 35.5 Å². The van der Waals surface area contributed by atoms with Crippen LogP contribution in [0.5, 0.6) is 0 Å². The Bertz CT molecular complexity index is 558. The summed E-state index contributed by atoms with van der Waals surface area (Å²) in [6, 6.07) is 8.22. The number of hydrogen-bond donors (Lipinski definition) is 2. The minimum absolute atomic E-state index is 0.0727. The van der Waals surface area contributed by atoms with Gasteiger partial charge in [0.2, 0.25) is 5.91 Å². The minimum atomic E-state index is -0.0727. The van der Waals surface area contributed by atoms with Crippen molar-refractivity contribution < 1.29 is 4.79 Å². The predicted molar refractivity (Wildman–Crippen MR) is 63.3 cm³/mol. The molecule has 3 rings (SSSR count). The van der Waals surface area contributed by atoms with E-state index < -0.39 is 0 Å². The van der Waals surface area contributed by atoms with Gasteiger partial charge in [0.15, 0.2) is 0 Å². The Morgan fingerprint density at radius 3 is 2.88 bits per heavy atom. The van der Waals surface area contributed by atoms with E-state index in [1.807, 2.05) is 18.3 Å². The maximum atomic E-state index is 11.4. The van der Waals surface area contributed by atoms with Crippen molar-refractivity contribution >= 4 is 16.8 Å². The van der Waals surface area contributed by atoms with E-state index in [0.29, 0.717) is 6.42 Å². The summed E-state index contributed by atoms with van der Waals surface area (Å²) in [4.78, 5) is 14.6. The lowest BCUT2D eigenvalue weighted by molar-refractivity contribution is -0.119. The van der Waals surface area contributed by atoms with Gasteiger partial charge in [-0.3, -0.25) is 4.79 Å². The Morgan fingerprint density at radius 2 is 2.12 bits per heavy atom. The number of fused-ring (bicyclic) bond motifs is 1. The number of rotatable bonds is 1. The van der Waals surface area contributed by atoms with Gasteiger partial charge in [-0.1, -0.05) is 25.1 Å². The maximum absolute atomic E-state index is 11.4. The lowest BCUT2D eigenvalue weighted by Crippen LogP contribution is -2.24. The molecule has 1 fully saturated rings. The van der Waals surface area contributed by atoms with Crippen molar-refractivity contribution in [2.75, 3.05) is 6.54 Å². The zero-order valence-electron chi connectivity index (χ0n) is 9.21. The summed E-state index contributed by atoms with van der Waals surface area (Å²) in [7, 11) is 0. The lowest BCUT2D eigenvalue weighted by atomic mass is 9.81. The molecule has 0 radical (unpaired) electrons. The van der Waals surface area contributed by atoms with Gasteiger partial charge in [0.25, 0.3) is 0 Å². The molecule has 3 heteroatoms. The Kier molecular flexibility index (Phi) is 1.84. The van der Waals surface area contributed by atoms with Crippen LogP contribution in [0.15, 0.2) is 30.5 Å². The van der Waals surface area contributed by atoms with Crippen LogP contribution in [-0.4, -0.2) is 17.4 Å². The largest absolute Gasteiger partial charge is 0.361 e. The highest BCUT2D eigenvalue weighted by Gasteiger charge is 2.36. The molecule has 1 amide bonds. The molecule has 0 aliphatic carbocycles. The van der Waals surface area contributed by atoms with E-state index in [-0.39, 0.29) is 11.3 Å². The van der Waals surface area contributed by atoms with Crippen LogP contribution < -0.4 is 5.32 Å². The number of nitrogens with one attached hydrogen (secondary N) is 2. The van der Waals surface area contributed by atoms with Crippen LogP contribution >= 0.6 is 0 Å². The van der Waals surface area contributed by atoms with Crippen LogP contribution in [0.2, 0.25) is 0 Å². The summed E-state index contributed by atoms with van der Waals surface area (Å²) in [6.45, 7) is 2.87. The standard InChI is InChI=1S/C13H14N2O/c1-13(6-12(16)15-8-13)10-7-14-11-5-3-2-4-9(10)11/h2-5,7,14H,6,8H2,1H3,(H,15,16). The van der Waals surface area contributed by atoms with Gasteiger partial charge in [-0.25, -0.2) is 0 Å². The van der Waals surface area contributed by atoms with Crippen molar-refractivity contribution in [1.29, 1.82) is 0 Å². The van der Waals surface area contributed by atoms with Gasteiger partial charge in [-0.15, -0.1) is 0 Å². The van der Waals surface area contributed by atoms with Crippen molar-refractivity contribution in [3.63, 3.8) is 0 Å². The normalized spacial score (nSPS) is 24.9. The van der Waals surface area contributed by atoms with Crippen LogP contribution in [0.25, 0.3) is 10.9 Å². The summed E-state index contributed by atoms with van der Waals surface area (Å²) < 4.78 is 0. The molecule has 1 aromatic heterocycles. The van der Waals surface area contributed by atoms with Crippen LogP contribution in [0.4, 0.5) is 0 Å². The number of amides is 1. The predicted octanol–water partition coefficient (Wildman–Crippen LogP) is 1.95. The Morgan fingerprint density at radius 1 is 1.31 bits per heavy atom. The van der Waals surface area contributed by atoms with Gasteiger partial charge in [0.05, 0.1) is 0 Å². The topological polar surface area (TPSA) is 44.9 Å². The molecular weight excluding hydrogens is 200 g/mol. The molecule has 2 aromatic rings. The zero-order valence-corrected chi connectivity index (χ0v) is 9.21. The van der Waals surface area contributed by atoms with Crippen molar-refractivity contribution in [3.8, 4) is 0 Å². The highest BCUT2D eigenvalue weighted by molar-refractivity contribution is 5.87. The molecule has 1 atom stereocenters. The van der Waals surface area contributed by atoms with E-state index in [1.54, 1.807) is 0 Å². The van der Waals surface area contributed by atoms with E-state index in [0.717, 1.165) is 12.1 Å². The molecular formula is C13H14N2O. The third kappa shape index (κ3) is 1.24. The van der Waals surface area contributed by atoms with E-state index in [1.165, 1.54) is 10.9 Å². The fourth-order valence-corrected chi connectivity index (χ4v) is 2.53. The number of aromatic amines is 1. The Balaban J connectivity index is 2.16. The van der Waals surface area contributed by atoms with Gasteiger partial charge in [0.1, 0.15) is 0 Å². The number of carbonyl (C=O) groups excluding carboxylic acids is 1. The van der Waals surface area contributed by atoms with E-state index in [2.05, 4.69) is 29.4 Å². The molecule has 16 heavy (non-hydrogen) atoms. The summed E-state index contributed by atoms with van der Waals surface area (Å²) in [5.74, 6) is 0.146. The fourth-order valence-electron chi connectivity index (χ4n) is 2.53. The molecule has 1 aromatic carbocycles. The van der Waals surface area contributed by atoms with Crippen LogP contribution in [-0.2, 0) is 10.2 Å². The van der Waals surface area contributed by atoms with Gasteiger partial charge < -0.3 is 10.3 Å². The van der Waals surface area contributed by atoms with Crippen molar-refractivity contribution in [2.24, 2.45) is 0 Å². The number of H-pyrrole nitrogens is 1. The van der Waals surface area contributed by atoms with Crippen molar-refractivity contribution in [1.82, 2.24) is 10.3 Å². The van der Waals surface area contributed by atoms with Crippen LogP contribution in [0.3, 0.4) is 0 Å². The molecule has 1 saturated heterocycles. The first-order valence-corrected chi connectivity index (χ1v) is 5.52. The van der Waals surface area contributed by atoms with E-state index in [9.17, 15) is 4.79 Å². The highest BCUT2D eigenvalue weighted by Crippen LogP contribution is 2.35. The molecule has 82 valence electrons. The third-order valence-corrected chi connectivity index (χ3v) is 3.47. The monoisotopic (exact) mass is 214 g/mol. The van der Waals surface area contributed by atoms with Gasteiger partial charge in [-0.05, 0) is 11.6 Å². The highest BCUT2D eigenvalue weighted by atomic mass is 16.1. The quantitative estimate of drug-likeness (QED) is 0.748. The molecule has 1 aliphatic heterocycles. The maximum Gasteiger partial charge on any atom is 0.220 e. The van der Waals surface area contributed by atoms with E-state index in [4.69, 9.17) is 0 Å². The number of hydrogen-bond acceptors (Lipinski definition) is 1. The zero-order chi connectivity index (χ0) is 11.2. The summed E-state index contributed by atoms with van der Waals surface area (Å²) in [6.07, 6.45) is 2.61. The molecule has 3 nitrogen and oxygen atoms in total. The van der Waals surface area contributed by atoms with E-state index >= 15 is 0 Å². The molecule has 1 unspecified atom stereocenters. The van der Waals surface area contributed by atoms with Crippen LogP contribution in [0.1, 0.15) is 18.9 Å². The second-order valence-corrected chi connectivity index (χ2v) is 4.76. The lowest BCUT2D eigenvalue weighted by Gasteiger charge is -2.20. The Hall–Kier alpha value is -1.77. The number of aromatic nitrogens is 1.